The van der Waals surface area contributed by atoms with Crippen LogP contribution in [0.4, 0.5) is 0 Å². The van der Waals surface area contributed by atoms with Crippen molar-refractivity contribution in [3.8, 4) is 17.2 Å². The van der Waals surface area contributed by atoms with Gasteiger partial charge in [-0.15, -0.1) is 10.2 Å². The highest BCUT2D eigenvalue weighted by Crippen LogP contribution is 2.41. The Balaban J connectivity index is 1.18. The van der Waals surface area contributed by atoms with E-state index in [1.54, 1.807) is 0 Å². The van der Waals surface area contributed by atoms with Crippen molar-refractivity contribution in [2.75, 3.05) is 18.9 Å². The van der Waals surface area contributed by atoms with Crippen LogP contribution in [0.5, 0.6) is 11.5 Å². The normalized spacial score (nSPS) is 17.5. The van der Waals surface area contributed by atoms with Gasteiger partial charge in [-0.2, -0.15) is 0 Å². The number of nitrogens with zero attached hydrogens (tertiary/aromatic N) is 3. The predicted molar refractivity (Wildman–Crippen MR) is 113 cm³/mol. The summed E-state index contributed by atoms with van der Waals surface area (Å²) < 4.78 is 13.7. The summed E-state index contributed by atoms with van der Waals surface area (Å²) in [7, 11) is 0. The molecule has 3 aromatic rings. The minimum absolute atomic E-state index is 0.0713. The van der Waals surface area contributed by atoms with E-state index in [0.29, 0.717) is 24.8 Å². The van der Waals surface area contributed by atoms with Gasteiger partial charge in [0.15, 0.2) is 16.7 Å². The number of carbonyl (C=O) groups excluding carboxylic acids is 1. The molecule has 1 amide bonds. The zero-order valence-corrected chi connectivity index (χ0v) is 17.2. The molecule has 0 saturated heterocycles. The summed E-state index contributed by atoms with van der Waals surface area (Å²) in [5.74, 6) is 3.09. The van der Waals surface area contributed by atoms with E-state index in [2.05, 4.69) is 20.1 Å². The van der Waals surface area contributed by atoms with Crippen molar-refractivity contribution in [3.63, 3.8) is 0 Å². The molecule has 2 heterocycles. The second-order valence-corrected chi connectivity index (χ2v) is 8.32. The molecular formula is C22H22N4O3S. The number of thioether (sulfide) groups is 1. The first kappa shape index (κ1) is 19.0. The fourth-order valence-electron chi connectivity index (χ4n) is 3.37. The van der Waals surface area contributed by atoms with E-state index in [9.17, 15) is 4.79 Å². The topological polar surface area (TPSA) is 78.3 Å². The van der Waals surface area contributed by atoms with Crippen molar-refractivity contribution in [2.45, 2.75) is 30.0 Å². The van der Waals surface area contributed by atoms with Gasteiger partial charge < -0.3 is 14.8 Å². The van der Waals surface area contributed by atoms with Crippen LogP contribution in [0, 0.1) is 0 Å². The Kier molecular flexibility index (Phi) is 5.31. The molecule has 1 aromatic heterocycles. The Morgan fingerprint density at radius 3 is 2.63 bits per heavy atom. The van der Waals surface area contributed by atoms with E-state index in [1.807, 2.05) is 54.6 Å². The van der Waals surface area contributed by atoms with Crippen LogP contribution < -0.4 is 14.8 Å². The number of benzene rings is 2. The number of amides is 1. The minimum Gasteiger partial charge on any atom is -0.486 e. The highest BCUT2D eigenvalue weighted by molar-refractivity contribution is 7.99. The molecule has 0 unspecified atom stereocenters. The van der Waals surface area contributed by atoms with Gasteiger partial charge in [0.1, 0.15) is 18.5 Å². The maximum Gasteiger partial charge on any atom is 0.230 e. The molecule has 30 heavy (non-hydrogen) atoms. The molecule has 2 aliphatic rings. The maximum absolute atomic E-state index is 12.4. The number of hydrogen-bond donors (Lipinski definition) is 1. The third-order valence-electron chi connectivity index (χ3n) is 5.04. The standard InChI is InChI=1S/C22H22N4O3S/c27-20(23-12-17-13-28-18-8-4-5-9-19(18)29-17)14-30-22-25-24-21(15-10-11-15)26(22)16-6-2-1-3-7-16/h1-9,15,17H,10-14H2,(H,23,27)/t17-/m0/s1. The van der Waals surface area contributed by atoms with Crippen LogP contribution in [0.3, 0.4) is 0 Å². The molecule has 1 aliphatic carbocycles. The van der Waals surface area contributed by atoms with E-state index in [-0.39, 0.29) is 17.8 Å². The first-order valence-corrected chi connectivity index (χ1v) is 11.0. The lowest BCUT2D eigenvalue weighted by molar-refractivity contribution is -0.119. The molecule has 8 heteroatoms. The Bertz CT molecular complexity index is 1040. The monoisotopic (exact) mass is 422 g/mol. The lowest BCUT2D eigenvalue weighted by Crippen LogP contribution is -2.41. The Morgan fingerprint density at radius 1 is 1.07 bits per heavy atom. The van der Waals surface area contributed by atoms with E-state index in [0.717, 1.165) is 35.3 Å². The molecule has 0 bridgehead atoms. The molecule has 7 nitrogen and oxygen atoms in total. The van der Waals surface area contributed by atoms with Crippen LogP contribution >= 0.6 is 11.8 Å². The summed E-state index contributed by atoms with van der Waals surface area (Å²) in [6.45, 7) is 0.809. The van der Waals surface area contributed by atoms with Gasteiger partial charge in [0, 0.05) is 11.6 Å². The van der Waals surface area contributed by atoms with Crippen LogP contribution in [-0.2, 0) is 4.79 Å². The van der Waals surface area contributed by atoms with Crippen LogP contribution in [0.2, 0.25) is 0 Å². The SMILES string of the molecule is O=C(CSc1nnc(C2CC2)n1-c1ccccc1)NC[C@H]1COc2ccccc2O1. The van der Waals surface area contributed by atoms with Gasteiger partial charge in [0.2, 0.25) is 5.91 Å². The smallest absolute Gasteiger partial charge is 0.230 e. The quantitative estimate of drug-likeness (QED) is 0.589. The third kappa shape index (κ3) is 4.14. The average molecular weight is 423 g/mol. The van der Waals surface area contributed by atoms with E-state index >= 15 is 0 Å². The van der Waals surface area contributed by atoms with E-state index in [4.69, 9.17) is 9.47 Å². The first-order valence-electron chi connectivity index (χ1n) is 10.1. The van der Waals surface area contributed by atoms with Crippen molar-refractivity contribution in [2.24, 2.45) is 0 Å². The van der Waals surface area contributed by atoms with Crippen molar-refractivity contribution in [3.05, 3.63) is 60.4 Å². The Labute approximate surface area is 178 Å². The molecule has 1 aliphatic heterocycles. The number of para-hydroxylation sites is 3. The molecule has 1 saturated carbocycles. The zero-order valence-electron chi connectivity index (χ0n) is 16.4. The molecule has 2 aromatic carbocycles. The fraction of sp³-hybridized carbons (Fsp3) is 0.318. The molecule has 5 rings (SSSR count). The van der Waals surface area contributed by atoms with Crippen molar-refractivity contribution >= 4 is 17.7 Å². The van der Waals surface area contributed by atoms with E-state index in [1.165, 1.54) is 11.8 Å². The average Bonchev–Trinajstić information content (AvgIpc) is 3.55. The van der Waals surface area contributed by atoms with Gasteiger partial charge in [0.05, 0.1) is 12.3 Å². The lowest BCUT2D eigenvalue weighted by atomic mass is 10.2. The number of nitrogens with one attached hydrogen (secondary N) is 1. The molecule has 1 atom stereocenters. The van der Waals surface area contributed by atoms with Crippen LogP contribution in [-0.4, -0.2) is 45.7 Å². The summed E-state index contributed by atoms with van der Waals surface area (Å²) in [4.78, 5) is 12.4. The zero-order chi connectivity index (χ0) is 20.3. The molecule has 154 valence electrons. The summed E-state index contributed by atoms with van der Waals surface area (Å²) in [6.07, 6.45) is 2.08. The molecule has 0 radical (unpaired) electrons. The van der Waals surface area contributed by atoms with Gasteiger partial charge in [0.25, 0.3) is 0 Å². The number of carbonyl (C=O) groups is 1. The van der Waals surface area contributed by atoms with Crippen molar-refractivity contribution in [1.29, 1.82) is 0 Å². The van der Waals surface area contributed by atoms with Gasteiger partial charge in [-0.05, 0) is 37.1 Å². The number of hydrogen-bond acceptors (Lipinski definition) is 6. The summed E-state index contributed by atoms with van der Waals surface area (Å²) in [5.41, 5.74) is 1.03. The molecule has 1 N–H and O–H groups in total. The second-order valence-electron chi connectivity index (χ2n) is 7.38. The predicted octanol–water partition coefficient (Wildman–Crippen LogP) is 3.19. The Hall–Kier alpha value is -3.00. The maximum atomic E-state index is 12.4. The molecule has 0 spiro atoms. The highest BCUT2D eigenvalue weighted by atomic mass is 32.2. The van der Waals surface area contributed by atoms with Gasteiger partial charge >= 0.3 is 0 Å². The minimum atomic E-state index is -0.205. The fourth-order valence-corrected chi connectivity index (χ4v) is 4.16. The van der Waals surface area contributed by atoms with Crippen molar-refractivity contribution < 1.29 is 14.3 Å². The largest absolute Gasteiger partial charge is 0.486 e. The van der Waals surface area contributed by atoms with Crippen LogP contribution in [0.15, 0.2) is 59.8 Å². The summed E-state index contributed by atoms with van der Waals surface area (Å²) in [6, 6.07) is 17.6. The lowest BCUT2D eigenvalue weighted by Gasteiger charge is -2.26. The number of aromatic nitrogens is 3. The van der Waals surface area contributed by atoms with Crippen molar-refractivity contribution in [1.82, 2.24) is 20.1 Å². The number of fused-ring (bicyclic) bond motifs is 1. The van der Waals surface area contributed by atoms with Crippen LogP contribution in [0.25, 0.3) is 5.69 Å². The number of ether oxygens (including phenoxy) is 2. The number of rotatable bonds is 7. The van der Waals surface area contributed by atoms with Gasteiger partial charge in [-0.1, -0.05) is 42.1 Å². The van der Waals surface area contributed by atoms with Crippen LogP contribution in [0.1, 0.15) is 24.6 Å². The molecule has 1 fully saturated rings. The Morgan fingerprint density at radius 2 is 1.83 bits per heavy atom. The van der Waals surface area contributed by atoms with Gasteiger partial charge in [-0.3, -0.25) is 9.36 Å². The highest BCUT2D eigenvalue weighted by Gasteiger charge is 2.31. The summed E-state index contributed by atoms with van der Waals surface area (Å²) >= 11 is 1.40. The molecular weight excluding hydrogens is 400 g/mol. The first-order chi connectivity index (χ1) is 14.8. The second kappa shape index (κ2) is 8.39. The van der Waals surface area contributed by atoms with E-state index < -0.39 is 0 Å². The summed E-state index contributed by atoms with van der Waals surface area (Å²) in [5, 5.41) is 12.4. The van der Waals surface area contributed by atoms with Gasteiger partial charge in [-0.25, -0.2) is 0 Å². The third-order valence-corrected chi connectivity index (χ3v) is 5.97.